The van der Waals surface area contributed by atoms with Crippen LogP contribution in [0.15, 0.2) is 53.4 Å². The topological polar surface area (TPSA) is 59.1 Å². The molecule has 0 saturated carbocycles. The Bertz CT molecular complexity index is 890. The van der Waals surface area contributed by atoms with Crippen molar-refractivity contribution in [3.63, 3.8) is 0 Å². The zero-order valence-electron chi connectivity index (χ0n) is 16.8. The first kappa shape index (κ1) is 20.6. The summed E-state index contributed by atoms with van der Waals surface area (Å²) in [6.45, 7) is 5.88. The molecule has 0 spiro atoms. The Morgan fingerprint density at radius 3 is 2.11 bits per heavy atom. The molecule has 0 aliphatic carbocycles. The maximum Gasteiger partial charge on any atom is 0.243 e. The van der Waals surface area contributed by atoms with Gasteiger partial charge in [0.2, 0.25) is 10.0 Å². The molecule has 3 rings (SSSR count). The zero-order valence-corrected chi connectivity index (χ0v) is 17.6. The van der Waals surface area contributed by atoms with E-state index in [2.05, 4.69) is 30.9 Å². The highest BCUT2D eigenvalue weighted by Crippen LogP contribution is 2.32. The van der Waals surface area contributed by atoms with Crippen LogP contribution in [-0.2, 0) is 16.6 Å². The van der Waals surface area contributed by atoms with E-state index in [1.165, 1.54) is 25.8 Å². The Labute approximate surface area is 167 Å². The molecule has 1 saturated heterocycles. The molecule has 0 amide bonds. The normalized spacial score (nSPS) is 21.4. The Hall–Kier alpha value is -2.09. The van der Waals surface area contributed by atoms with Crippen molar-refractivity contribution in [1.82, 2.24) is 9.21 Å². The van der Waals surface area contributed by atoms with Gasteiger partial charge in [0.15, 0.2) is 11.5 Å². The molecular weight excluding hydrogens is 376 g/mol. The van der Waals surface area contributed by atoms with Crippen LogP contribution >= 0.6 is 0 Å². The number of rotatable bonds is 6. The lowest BCUT2D eigenvalue weighted by Gasteiger charge is -2.43. The number of hydrogen-bond donors (Lipinski definition) is 0. The minimum atomic E-state index is -3.61. The molecule has 2 aromatic rings. The van der Waals surface area contributed by atoms with Crippen molar-refractivity contribution in [3.05, 3.63) is 54.1 Å². The zero-order chi connectivity index (χ0) is 20.3. The molecule has 1 heterocycles. The average molecular weight is 405 g/mol. The van der Waals surface area contributed by atoms with Crippen LogP contribution in [0.4, 0.5) is 0 Å². The van der Waals surface area contributed by atoms with Crippen LogP contribution in [0, 0.1) is 0 Å². The summed E-state index contributed by atoms with van der Waals surface area (Å²) in [5, 5.41) is 0. The van der Waals surface area contributed by atoms with Crippen molar-refractivity contribution in [2.75, 3.05) is 27.3 Å². The summed E-state index contributed by atoms with van der Waals surface area (Å²) in [6, 6.07) is 15.2. The molecule has 0 radical (unpaired) electrons. The van der Waals surface area contributed by atoms with E-state index in [9.17, 15) is 8.42 Å². The molecule has 0 bridgehead atoms. The van der Waals surface area contributed by atoms with Crippen LogP contribution in [0.2, 0.25) is 0 Å². The molecule has 28 heavy (non-hydrogen) atoms. The lowest BCUT2D eigenvalue weighted by molar-refractivity contribution is 0.0699. The first-order chi connectivity index (χ1) is 13.4. The van der Waals surface area contributed by atoms with Crippen molar-refractivity contribution in [2.24, 2.45) is 0 Å². The van der Waals surface area contributed by atoms with Gasteiger partial charge in [0.05, 0.1) is 19.1 Å². The second-order valence-electron chi connectivity index (χ2n) is 7.19. The van der Waals surface area contributed by atoms with E-state index in [0.29, 0.717) is 24.6 Å². The number of piperazine rings is 1. The smallest absolute Gasteiger partial charge is 0.243 e. The van der Waals surface area contributed by atoms with Gasteiger partial charge in [-0.3, -0.25) is 4.90 Å². The summed E-state index contributed by atoms with van der Waals surface area (Å²) in [5.74, 6) is 0.920. The molecule has 0 aromatic heterocycles. The summed E-state index contributed by atoms with van der Waals surface area (Å²) in [6.07, 6.45) is 0. The van der Waals surface area contributed by atoms with Crippen LogP contribution in [0.5, 0.6) is 11.5 Å². The van der Waals surface area contributed by atoms with Gasteiger partial charge in [-0.1, -0.05) is 30.3 Å². The average Bonchev–Trinajstić information content (AvgIpc) is 2.70. The third kappa shape index (κ3) is 4.16. The van der Waals surface area contributed by atoms with Crippen LogP contribution < -0.4 is 9.47 Å². The van der Waals surface area contributed by atoms with Gasteiger partial charge < -0.3 is 9.47 Å². The molecular formula is C21H28N2O4S. The summed E-state index contributed by atoms with van der Waals surface area (Å²) in [4.78, 5) is 2.58. The van der Waals surface area contributed by atoms with Gasteiger partial charge >= 0.3 is 0 Å². The number of sulfonamides is 1. The first-order valence-corrected chi connectivity index (χ1v) is 10.8. The summed E-state index contributed by atoms with van der Waals surface area (Å²) < 4.78 is 38.5. The lowest BCUT2D eigenvalue weighted by atomic mass is 10.1. The molecule has 6 nitrogen and oxygen atoms in total. The van der Waals surface area contributed by atoms with Crippen LogP contribution in [-0.4, -0.2) is 57.0 Å². The number of benzene rings is 2. The summed E-state index contributed by atoms with van der Waals surface area (Å²) in [5.41, 5.74) is 1.23. The Balaban J connectivity index is 1.79. The number of ether oxygens (including phenoxy) is 2. The van der Waals surface area contributed by atoms with Crippen molar-refractivity contribution in [2.45, 2.75) is 37.4 Å². The van der Waals surface area contributed by atoms with Crippen molar-refractivity contribution in [3.8, 4) is 11.5 Å². The van der Waals surface area contributed by atoms with E-state index in [1.807, 2.05) is 18.2 Å². The van der Waals surface area contributed by atoms with Crippen LogP contribution in [0.25, 0.3) is 0 Å². The largest absolute Gasteiger partial charge is 0.493 e. The Morgan fingerprint density at radius 2 is 1.54 bits per heavy atom. The van der Waals surface area contributed by atoms with E-state index in [1.54, 1.807) is 16.4 Å². The molecule has 152 valence electrons. The van der Waals surface area contributed by atoms with E-state index in [4.69, 9.17) is 9.47 Å². The van der Waals surface area contributed by atoms with Gasteiger partial charge in [0.1, 0.15) is 0 Å². The van der Waals surface area contributed by atoms with Crippen LogP contribution in [0.3, 0.4) is 0 Å². The summed E-state index contributed by atoms with van der Waals surface area (Å²) >= 11 is 0. The van der Waals surface area contributed by atoms with Crippen molar-refractivity contribution >= 4 is 10.0 Å². The van der Waals surface area contributed by atoms with Gasteiger partial charge in [-0.15, -0.1) is 0 Å². The fraction of sp³-hybridized carbons (Fsp3) is 0.429. The first-order valence-electron chi connectivity index (χ1n) is 9.38. The maximum atomic E-state index is 13.2. The second kappa shape index (κ2) is 8.51. The SMILES string of the molecule is COc1ccc(S(=O)(=O)N2CC(C)N(Cc3ccccc3)C(C)C2)cc1OC. The minimum Gasteiger partial charge on any atom is -0.493 e. The van der Waals surface area contributed by atoms with E-state index < -0.39 is 10.0 Å². The van der Waals surface area contributed by atoms with Crippen molar-refractivity contribution < 1.29 is 17.9 Å². The lowest BCUT2D eigenvalue weighted by Crippen LogP contribution is -2.57. The highest BCUT2D eigenvalue weighted by Gasteiger charge is 2.36. The van der Waals surface area contributed by atoms with Gasteiger partial charge in [-0.2, -0.15) is 4.31 Å². The highest BCUT2D eigenvalue weighted by atomic mass is 32.2. The fourth-order valence-electron chi connectivity index (χ4n) is 3.74. The monoisotopic (exact) mass is 404 g/mol. The minimum absolute atomic E-state index is 0.110. The van der Waals surface area contributed by atoms with Gasteiger partial charge in [0, 0.05) is 37.8 Å². The van der Waals surface area contributed by atoms with E-state index >= 15 is 0 Å². The molecule has 1 aliphatic rings. The summed E-state index contributed by atoms with van der Waals surface area (Å²) in [7, 11) is -0.581. The number of methoxy groups -OCH3 is 2. The van der Waals surface area contributed by atoms with Crippen LogP contribution in [0.1, 0.15) is 19.4 Å². The number of hydrogen-bond acceptors (Lipinski definition) is 5. The fourth-order valence-corrected chi connectivity index (χ4v) is 5.35. The molecule has 2 unspecified atom stereocenters. The predicted molar refractivity (Wildman–Crippen MR) is 109 cm³/mol. The van der Waals surface area contributed by atoms with Crippen molar-refractivity contribution in [1.29, 1.82) is 0 Å². The molecule has 2 aromatic carbocycles. The molecule has 2 atom stereocenters. The second-order valence-corrected chi connectivity index (χ2v) is 9.13. The number of nitrogens with zero attached hydrogens (tertiary/aromatic N) is 2. The highest BCUT2D eigenvalue weighted by molar-refractivity contribution is 7.89. The third-order valence-electron chi connectivity index (χ3n) is 5.27. The molecule has 0 N–H and O–H groups in total. The van der Waals surface area contributed by atoms with Gasteiger partial charge in [0.25, 0.3) is 0 Å². The van der Waals surface area contributed by atoms with Gasteiger partial charge in [-0.25, -0.2) is 8.42 Å². The third-order valence-corrected chi connectivity index (χ3v) is 7.10. The maximum absolute atomic E-state index is 13.2. The standard InChI is InChI=1S/C21H28N2O4S/c1-16-13-22(14-17(2)23(16)15-18-8-6-5-7-9-18)28(24,25)19-10-11-20(26-3)21(12-19)27-4/h5-12,16-17H,13-15H2,1-4H3. The van der Waals surface area contributed by atoms with Gasteiger partial charge in [-0.05, 0) is 31.5 Å². The van der Waals surface area contributed by atoms with E-state index in [0.717, 1.165) is 6.54 Å². The Kier molecular flexibility index (Phi) is 6.27. The Morgan fingerprint density at radius 1 is 0.929 bits per heavy atom. The van der Waals surface area contributed by atoms with E-state index in [-0.39, 0.29) is 17.0 Å². The molecule has 7 heteroatoms. The molecule has 1 aliphatic heterocycles. The predicted octanol–water partition coefficient (Wildman–Crippen LogP) is 2.99. The molecule has 1 fully saturated rings. The quantitative estimate of drug-likeness (QED) is 0.741.